The third-order valence-corrected chi connectivity index (χ3v) is 5.57. The highest BCUT2D eigenvalue weighted by atomic mass is 79.9. The molecule has 0 amide bonds. The Bertz CT molecular complexity index is 1120. The summed E-state index contributed by atoms with van der Waals surface area (Å²) in [5, 5.41) is 9.34. The molecule has 4 rings (SSSR count). The molecule has 0 unspecified atom stereocenters. The average molecular weight is 474 g/mol. The monoisotopic (exact) mass is 473 g/mol. The van der Waals surface area contributed by atoms with Crippen molar-refractivity contribution in [2.45, 2.75) is 17.5 Å². The summed E-state index contributed by atoms with van der Waals surface area (Å²) in [4.78, 5) is 11.9. The molecule has 0 N–H and O–H groups in total. The zero-order chi connectivity index (χ0) is 20.2. The van der Waals surface area contributed by atoms with Gasteiger partial charge in [-0.15, -0.1) is 10.2 Å². The summed E-state index contributed by atoms with van der Waals surface area (Å²) in [7, 11) is 1.34. The lowest BCUT2D eigenvalue weighted by molar-refractivity contribution is 0.0598. The van der Waals surface area contributed by atoms with Crippen LogP contribution in [0.1, 0.15) is 21.7 Å². The Kier molecular flexibility index (Phi) is 5.86. The maximum absolute atomic E-state index is 11.9. The van der Waals surface area contributed by atoms with Crippen LogP contribution in [0.2, 0.25) is 0 Å². The number of rotatable bonds is 7. The molecule has 0 spiro atoms. The zero-order valence-electron chi connectivity index (χ0n) is 15.4. The molecule has 148 valence electrons. The van der Waals surface area contributed by atoms with Gasteiger partial charge in [-0.05, 0) is 39.7 Å². The molecule has 0 fully saturated rings. The molecule has 0 bridgehead atoms. The number of carbonyl (C=O) groups is 1. The molecule has 3 aromatic heterocycles. The van der Waals surface area contributed by atoms with E-state index in [-0.39, 0.29) is 0 Å². The van der Waals surface area contributed by atoms with E-state index in [1.54, 1.807) is 6.07 Å². The van der Waals surface area contributed by atoms with Crippen molar-refractivity contribution in [2.24, 2.45) is 0 Å². The predicted molar refractivity (Wildman–Crippen MR) is 111 cm³/mol. The number of nitrogens with zero attached hydrogens (tertiary/aromatic N) is 3. The Morgan fingerprint density at radius 2 is 2.00 bits per heavy atom. The molecule has 1 aromatic carbocycles. The normalized spacial score (nSPS) is 11.0. The molecular formula is C20H16BrN3O4S. The second-order valence-electron chi connectivity index (χ2n) is 6.02. The number of benzene rings is 1. The largest absolute Gasteiger partial charge is 0.468 e. The van der Waals surface area contributed by atoms with Gasteiger partial charge in [-0.1, -0.05) is 42.1 Å². The molecule has 4 aromatic rings. The van der Waals surface area contributed by atoms with Crippen LogP contribution in [0.25, 0.3) is 11.6 Å². The van der Waals surface area contributed by atoms with Gasteiger partial charge < -0.3 is 13.6 Å². The lowest BCUT2D eigenvalue weighted by Crippen LogP contribution is -2.05. The van der Waals surface area contributed by atoms with Gasteiger partial charge in [-0.3, -0.25) is 4.57 Å². The molecule has 0 aliphatic rings. The van der Waals surface area contributed by atoms with Gasteiger partial charge in [-0.25, -0.2) is 4.79 Å². The topological polar surface area (TPSA) is 83.3 Å². The van der Waals surface area contributed by atoms with Crippen LogP contribution in [0.15, 0.2) is 73.5 Å². The lowest BCUT2D eigenvalue weighted by Gasteiger charge is -2.09. The molecular weight excluding hydrogens is 458 g/mol. The average Bonchev–Trinajstić information content (AvgIpc) is 3.46. The van der Waals surface area contributed by atoms with Gasteiger partial charge in [0.2, 0.25) is 5.82 Å². The SMILES string of the molecule is COC(=O)c1ccoc1CSc1nnc(-c2ccc(Br)o2)n1Cc1ccccc1. The Hall–Kier alpha value is -2.78. The highest BCUT2D eigenvalue weighted by molar-refractivity contribution is 9.10. The van der Waals surface area contributed by atoms with Gasteiger partial charge in [0.05, 0.1) is 25.7 Å². The van der Waals surface area contributed by atoms with Crippen molar-refractivity contribution in [1.82, 2.24) is 14.8 Å². The van der Waals surface area contributed by atoms with Crippen LogP contribution >= 0.6 is 27.7 Å². The van der Waals surface area contributed by atoms with E-state index < -0.39 is 5.97 Å². The van der Waals surface area contributed by atoms with Crippen molar-refractivity contribution >= 4 is 33.7 Å². The quantitative estimate of drug-likeness (QED) is 0.275. The van der Waals surface area contributed by atoms with Crippen LogP contribution < -0.4 is 0 Å². The zero-order valence-corrected chi connectivity index (χ0v) is 17.8. The fourth-order valence-corrected chi connectivity index (χ4v) is 3.99. The summed E-state index contributed by atoms with van der Waals surface area (Å²) in [6.07, 6.45) is 1.47. The standard InChI is InChI=1S/C20H16BrN3O4S/c1-26-19(25)14-9-10-27-16(14)12-29-20-23-22-18(15-7-8-17(21)28-15)24(20)11-13-5-3-2-4-6-13/h2-10H,11-12H2,1H3. The molecule has 0 aliphatic carbocycles. The molecule has 3 heterocycles. The van der Waals surface area contributed by atoms with Gasteiger partial charge in [0.25, 0.3) is 0 Å². The number of thioether (sulfide) groups is 1. The van der Waals surface area contributed by atoms with Crippen LogP contribution in [-0.4, -0.2) is 27.8 Å². The highest BCUT2D eigenvalue weighted by Crippen LogP contribution is 2.30. The predicted octanol–water partition coefficient (Wildman–Crippen LogP) is 5.02. The molecule has 0 aliphatic heterocycles. The van der Waals surface area contributed by atoms with E-state index in [2.05, 4.69) is 26.1 Å². The van der Waals surface area contributed by atoms with Crippen molar-refractivity contribution in [3.05, 3.63) is 76.4 Å². The van der Waals surface area contributed by atoms with Crippen molar-refractivity contribution < 1.29 is 18.4 Å². The van der Waals surface area contributed by atoms with Crippen LogP contribution in [0.3, 0.4) is 0 Å². The number of furan rings is 2. The minimum absolute atomic E-state index is 0.407. The molecule has 0 saturated heterocycles. The van der Waals surface area contributed by atoms with E-state index in [0.717, 1.165) is 5.56 Å². The number of halogens is 1. The van der Waals surface area contributed by atoms with Crippen molar-refractivity contribution in [2.75, 3.05) is 7.11 Å². The second-order valence-corrected chi connectivity index (χ2v) is 7.74. The number of aromatic nitrogens is 3. The minimum atomic E-state index is -0.429. The lowest BCUT2D eigenvalue weighted by atomic mass is 10.2. The first-order chi connectivity index (χ1) is 14.2. The molecule has 0 atom stereocenters. The Morgan fingerprint density at radius 1 is 1.17 bits per heavy atom. The molecule has 29 heavy (non-hydrogen) atoms. The first-order valence-corrected chi connectivity index (χ1v) is 10.4. The third kappa shape index (κ3) is 4.30. The van der Waals surface area contributed by atoms with Crippen LogP contribution in [0.5, 0.6) is 0 Å². The molecule has 0 saturated carbocycles. The van der Waals surface area contributed by atoms with Gasteiger partial charge in [-0.2, -0.15) is 0 Å². The maximum atomic E-state index is 11.9. The summed E-state index contributed by atoms with van der Waals surface area (Å²) in [6, 6.07) is 15.3. The fourth-order valence-electron chi connectivity index (χ4n) is 2.80. The maximum Gasteiger partial charge on any atom is 0.341 e. The van der Waals surface area contributed by atoms with E-state index in [1.807, 2.05) is 47.0 Å². The summed E-state index contributed by atoms with van der Waals surface area (Å²) in [5.74, 6) is 1.74. The van der Waals surface area contributed by atoms with Crippen LogP contribution in [-0.2, 0) is 17.0 Å². The minimum Gasteiger partial charge on any atom is -0.468 e. The van der Waals surface area contributed by atoms with Crippen molar-refractivity contribution in [3.63, 3.8) is 0 Å². The summed E-state index contributed by atoms with van der Waals surface area (Å²) >= 11 is 4.75. The number of hydrogen-bond donors (Lipinski definition) is 0. The van der Waals surface area contributed by atoms with E-state index in [9.17, 15) is 4.79 Å². The fraction of sp³-hybridized carbons (Fsp3) is 0.150. The third-order valence-electron chi connectivity index (χ3n) is 4.18. The summed E-state index contributed by atoms with van der Waals surface area (Å²) in [6.45, 7) is 0.575. The van der Waals surface area contributed by atoms with E-state index in [4.69, 9.17) is 13.6 Å². The van der Waals surface area contributed by atoms with Crippen LogP contribution in [0, 0.1) is 0 Å². The van der Waals surface area contributed by atoms with Gasteiger partial charge in [0, 0.05) is 0 Å². The highest BCUT2D eigenvalue weighted by Gasteiger charge is 2.20. The van der Waals surface area contributed by atoms with Crippen LogP contribution in [0.4, 0.5) is 0 Å². The Labute approximate surface area is 179 Å². The Balaban J connectivity index is 1.64. The number of esters is 1. The van der Waals surface area contributed by atoms with Gasteiger partial charge in [0.1, 0.15) is 11.3 Å². The van der Waals surface area contributed by atoms with Gasteiger partial charge in [0.15, 0.2) is 15.6 Å². The van der Waals surface area contributed by atoms with Crippen molar-refractivity contribution in [3.8, 4) is 11.6 Å². The first kappa shape index (κ1) is 19.5. The van der Waals surface area contributed by atoms with E-state index in [1.165, 1.54) is 25.1 Å². The second kappa shape index (κ2) is 8.71. The molecule has 7 nitrogen and oxygen atoms in total. The number of carbonyl (C=O) groups excluding carboxylic acids is 1. The van der Waals surface area contributed by atoms with E-state index in [0.29, 0.717) is 45.0 Å². The number of methoxy groups -OCH3 is 1. The number of ether oxygens (including phenoxy) is 1. The van der Waals surface area contributed by atoms with Crippen molar-refractivity contribution in [1.29, 1.82) is 0 Å². The summed E-state index contributed by atoms with van der Waals surface area (Å²) < 4.78 is 18.5. The molecule has 0 radical (unpaired) electrons. The summed E-state index contributed by atoms with van der Waals surface area (Å²) in [5.41, 5.74) is 1.51. The van der Waals surface area contributed by atoms with E-state index >= 15 is 0 Å². The molecule has 9 heteroatoms. The number of hydrogen-bond acceptors (Lipinski definition) is 7. The van der Waals surface area contributed by atoms with Gasteiger partial charge >= 0.3 is 5.97 Å². The smallest absolute Gasteiger partial charge is 0.341 e. The first-order valence-electron chi connectivity index (χ1n) is 8.66. The Morgan fingerprint density at radius 3 is 2.72 bits per heavy atom.